The molecule has 230 valence electrons. The van der Waals surface area contributed by atoms with Crippen molar-refractivity contribution in [1.29, 1.82) is 0 Å². The number of allylic oxidation sites excluding steroid dienone is 1. The van der Waals surface area contributed by atoms with E-state index in [1.54, 1.807) is 4.90 Å². The van der Waals surface area contributed by atoms with E-state index < -0.39 is 47.6 Å². The van der Waals surface area contributed by atoms with Crippen LogP contribution in [0.15, 0.2) is 34.2 Å². The molecule has 1 amide bonds. The van der Waals surface area contributed by atoms with Gasteiger partial charge in [0.05, 0.1) is 22.6 Å². The zero-order valence-electron chi connectivity index (χ0n) is 21.4. The van der Waals surface area contributed by atoms with Crippen LogP contribution in [0.5, 0.6) is 0 Å². The Morgan fingerprint density at radius 2 is 1.67 bits per heavy atom. The monoisotopic (exact) mass is 625 g/mol. The number of hydrogen-bond acceptors (Lipinski definition) is 8. The molecule has 17 heteroatoms. The Balaban J connectivity index is 0.000000528. The van der Waals surface area contributed by atoms with Gasteiger partial charge in [-0.15, -0.1) is 6.42 Å². The molecule has 2 aliphatic heterocycles. The van der Waals surface area contributed by atoms with Gasteiger partial charge in [0.25, 0.3) is 0 Å². The minimum absolute atomic E-state index is 0.0900. The molecular formula is C25H25F6N3O7S. The fourth-order valence-electron chi connectivity index (χ4n) is 3.84. The van der Waals surface area contributed by atoms with Crippen LogP contribution in [-0.4, -0.2) is 80.2 Å². The Hall–Kier alpha value is -3.59. The molecule has 0 aromatic heterocycles. The summed E-state index contributed by atoms with van der Waals surface area (Å²) in [4.78, 5) is 37.5. The summed E-state index contributed by atoms with van der Waals surface area (Å²) in [7, 11) is 0. The zero-order chi connectivity index (χ0) is 31.8. The number of nitrogens with zero attached hydrogens (tertiary/aromatic N) is 2. The average molecular weight is 626 g/mol. The van der Waals surface area contributed by atoms with Crippen molar-refractivity contribution >= 4 is 34.8 Å². The van der Waals surface area contributed by atoms with Gasteiger partial charge < -0.3 is 25.7 Å². The summed E-state index contributed by atoms with van der Waals surface area (Å²) >= 11 is 0.986. The Labute approximate surface area is 239 Å². The molecule has 2 atom stereocenters. The summed E-state index contributed by atoms with van der Waals surface area (Å²) < 4.78 is 78.6. The first-order valence-corrected chi connectivity index (χ1v) is 12.8. The molecule has 42 heavy (non-hydrogen) atoms. The first-order valence-electron chi connectivity index (χ1n) is 12.0. The first-order chi connectivity index (χ1) is 19.4. The molecule has 0 spiro atoms. The molecule has 3 rings (SSSR count). The van der Waals surface area contributed by atoms with E-state index in [4.69, 9.17) is 26.8 Å². The minimum atomic E-state index is -4.88. The topological polar surface area (TPSA) is 160 Å². The summed E-state index contributed by atoms with van der Waals surface area (Å²) in [5.74, 6) is -0.630. The number of nitrogens with one attached hydrogen (secondary N) is 1. The number of piperidine rings is 1. The number of carbonyl (C=O) groups is 3. The van der Waals surface area contributed by atoms with Crippen LogP contribution in [0.2, 0.25) is 0 Å². The maximum Gasteiger partial charge on any atom is 0.416 e. The second-order valence-corrected chi connectivity index (χ2v) is 9.96. The van der Waals surface area contributed by atoms with E-state index in [1.807, 2.05) is 6.08 Å². The van der Waals surface area contributed by atoms with Crippen molar-refractivity contribution < 1.29 is 61.2 Å². The molecule has 1 saturated heterocycles. The number of carboxylic acids is 2. The number of amidine groups is 1. The second-order valence-electron chi connectivity index (χ2n) is 8.96. The number of carboxylic acid groups (broad SMARTS) is 2. The van der Waals surface area contributed by atoms with Gasteiger partial charge in [-0.2, -0.15) is 31.3 Å². The molecule has 0 aliphatic carbocycles. The summed E-state index contributed by atoms with van der Waals surface area (Å²) in [6.45, 7) is 1.06. The minimum Gasteiger partial charge on any atom is -0.479 e. The molecule has 2 unspecified atom stereocenters. The number of hydrogen-bond donors (Lipinski definition) is 5. The van der Waals surface area contributed by atoms with Crippen molar-refractivity contribution in [3.63, 3.8) is 0 Å². The number of aliphatic carboxylic acids is 2. The lowest BCUT2D eigenvalue weighted by atomic mass is 9.95. The van der Waals surface area contributed by atoms with Gasteiger partial charge in [0.2, 0.25) is 0 Å². The number of rotatable bonds is 7. The lowest BCUT2D eigenvalue weighted by Crippen LogP contribution is -2.39. The normalized spacial score (nSPS) is 18.9. The Bertz CT molecular complexity index is 1250. The number of aliphatic hydroxyl groups excluding tert-OH is 2. The first kappa shape index (κ1) is 34.6. The van der Waals surface area contributed by atoms with Gasteiger partial charge in [-0.3, -0.25) is 9.69 Å². The van der Waals surface area contributed by atoms with E-state index in [2.05, 4.69) is 16.2 Å². The summed E-state index contributed by atoms with van der Waals surface area (Å²) in [6.07, 6.45) is -5.89. The molecule has 1 fully saturated rings. The molecule has 0 bridgehead atoms. The fourth-order valence-corrected chi connectivity index (χ4v) is 4.64. The molecule has 0 radical (unpaired) electrons. The predicted octanol–water partition coefficient (Wildman–Crippen LogP) is 3.19. The third-order valence-electron chi connectivity index (χ3n) is 5.95. The maximum absolute atomic E-state index is 13.4. The number of aliphatic hydroxyl groups is 2. The molecule has 5 N–H and O–H groups in total. The number of likely N-dealkylation sites (tertiary alicyclic amines) is 1. The SMILES string of the molecule is C#CCNC1=NC(=O)S/C1=C\C1CCN(Cc2ccc(C(F)(F)F)cc2C(F)(F)F)CC1.O=C(O)C(O)C(O)C(=O)O. The molecule has 0 saturated carbocycles. The van der Waals surface area contributed by atoms with Gasteiger partial charge in [-0.1, -0.05) is 18.1 Å². The Morgan fingerprint density at radius 1 is 1.10 bits per heavy atom. The van der Waals surface area contributed by atoms with E-state index in [9.17, 15) is 40.7 Å². The Kier molecular flexibility index (Phi) is 12.0. The lowest BCUT2D eigenvalue weighted by Gasteiger charge is -2.31. The van der Waals surface area contributed by atoms with Gasteiger partial charge in [-0.25, -0.2) is 9.59 Å². The van der Waals surface area contributed by atoms with E-state index >= 15 is 0 Å². The average Bonchev–Trinajstić information content (AvgIpc) is 3.25. The summed E-state index contributed by atoms with van der Waals surface area (Å²) in [5.41, 5.74) is -2.77. The van der Waals surface area contributed by atoms with E-state index in [1.165, 1.54) is 0 Å². The molecule has 1 aromatic carbocycles. The number of carbonyl (C=O) groups excluding carboxylic acids is 1. The van der Waals surface area contributed by atoms with Crippen molar-refractivity contribution in [1.82, 2.24) is 10.2 Å². The molecule has 10 nitrogen and oxygen atoms in total. The van der Waals surface area contributed by atoms with Gasteiger partial charge in [0.1, 0.15) is 5.84 Å². The van der Waals surface area contributed by atoms with Crippen LogP contribution in [-0.2, 0) is 28.5 Å². The van der Waals surface area contributed by atoms with Gasteiger partial charge in [0.15, 0.2) is 12.2 Å². The molecular weight excluding hydrogens is 600 g/mol. The van der Waals surface area contributed by atoms with Gasteiger partial charge in [0, 0.05) is 6.54 Å². The number of benzene rings is 1. The zero-order valence-corrected chi connectivity index (χ0v) is 22.3. The van der Waals surface area contributed by atoms with Gasteiger partial charge >= 0.3 is 29.5 Å². The van der Waals surface area contributed by atoms with Crippen LogP contribution >= 0.6 is 11.8 Å². The van der Waals surface area contributed by atoms with Gasteiger partial charge in [-0.05, 0) is 61.3 Å². The predicted molar refractivity (Wildman–Crippen MR) is 137 cm³/mol. The molecule has 1 aromatic rings. The van der Waals surface area contributed by atoms with E-state index in [-0.39, 0.29) is 35.9 Å². The van der Waals surface area contributed by atoms with Crippen LogP contribution < -0.4 is 5.32 Å². The summed E-state index contributed by atoms with van der Waals surface area (Å²) in [6, 6.07) is 1.76. The quantitative estimate of drug-likeness (QED) is 0.225. The van der Waals surface area contributed by atoms with Crippen LogP contribution in [0.25, 0.3) is 0 Å². The number of amides is 1. The molecule has 2 heterocycles. The molecule has 2 aliphatic rings. The van der Waals surface area contributed by atoms with Crippen molar-refractivity contribution in [2.75, 3.05) is 19.6 Å². The highest BCUT2D eigenvalue weighted by Gasteiger charge is 2.38. The standard InChI is InChI=1S/C21H19F6N3OS.C4H6O6/c1-2-7-28-18-17(32-19(31)29-18)10-13-5-8-30(9-6-13)12-14-3-4-15(20(22,23)24)11-16(14)21(25,26)27;5-1(3(7)8)2(6)4(9)10/h1,3-4,10-11,13H,5-9,12H2,(H,28,29,31);1-2,5-6H,(H,7,8)(H,9,10)/b17-10-;. The van der Waals surface area contributed by atoms with Crippen LogP contribution in [0.4, 0.5) is 31.1 Å². The Morgan fingerprint density at radius 3 is 2.14 bits per heavy atom. The van der Waals surface area contributed by atoms with Crippen LogP contribution in [0.1, 0.15) is 29.5 Å². The van der Waals surface area contributed by atoms with Crippen molar-refractivity contribution in [3.05, 3.63) is 45.9 Å². The van der Waals surface area contributed by atoms with Crippen LogP contribution in [0, 0.1) is 18.3 Å². The smallest absolute Gasteiger partial charge is 0.416 e. The van der Waals surface area contributed by atoms with Crippen molar-refractivity contribution in [3.8, 4) is 12.3 Å². The highest BCUT2D eigenvalue weighted by atomic mass is 32.2. The van der Waals surface area contributed by atoms with E-state index in [0.717, 1.165) is 17.8 Å². The third-order valence-corrected chi connectivity index (χ3v) is 6.77. The fraction of sp³-hybridized carbons (Fsp3) is 0.440. The second kappa shape index (κ2) is 14.5. The van der Waals surface area contributed by atoms with E-state index in [0.29, 0.717) is 42.7 Å². The number of thioether (sulfide) groups is 1. The maximum atomic E-state index is 13.4. The third kappa shape index (κ3) is 10.0. The van der Waals surface area contributed by atoms with Crippen molar-refractivity contribution in [2.45, 2.75) is 43.9 Å². The lowest BCUT2D eigenvalue weighted by molar-refractivity contribution is -0.165. The number of alkyl halides is 6. The number of terminal acetylenes is 1. The van der Waals surface area contributed by atoms with Crippen molar-refractivity contribution in [2.24, 2.45) is 10.9 Å². The largest absolute Gasteiger partial charge is 0.479 e. The highest BCUT2D eigenvalue weighted by Crippen LogP contribution is 2.38. The number of halogens is 6. The summed E-state index contributed by atoms with van der Waals surface area (Å²) in [5, 5.41) is 35.1. The highest BCUT2D eigenvalue weighted by molar-refractivity contribution is 8.18. The number of aliphatic imine (C=N–C) groups is 1. The van der Waals surface area contributed by atoms with Crippen LogP contribution in [0.3, 0.4) is 0 Å².